The van der Waals surface area contributed by atoms with Gasteiger partial charge in [-0.15, -0.1) is 0 Å². The van der Waals surface area contributed by atoms with Gasteiger partial charge in [0.1, 0.15) is 0 Å². The molecule has 0 unspecified atom stereocenters. The molecule has 116 valence electrons. The molecule has 1 aromatic heterocycles. The third kappa shape index (κ3) is 3.43. The van der Waals surface area contributed by atoms with Crippen LogP contribution >= 0.6 is 0 Å². The molecule has 6 nitrogen and oxygen atoms in total. The van der Waals surface area contributed by atoms with Crippen molar-refractivity contribution in [1.29, 1.82) is 0 Å². The molecule has 6 heteroatoms. The van der Waals surface area contributed by atoms with Crippen molar-refractivity contribution in [3.8, 4) is 0 Å². The van der Waals surface area contributed by atoms with E-state index in [0.717, 1.165) is 38.2 Å². The third-order valence-corrected chi connectivity index (χ3v) is 4.16. The van der Waals surface area contributed by atoms with Crippen molar-refractivity contribution >= 4 is 11.6 Å². The first-order valence-corrected chi connectivity index (χ1v) is 7.63. The monoisotopic (exact) mass is 292 g/mol. The van der Waals surface area contributed by atoms with Crippen LogP contribution in [-0.2, 0) is 11.8 Å². The molecule has 1 fully saturated rings. The van der Waals surface area contributed by atoms with Crippen molar-refractivity contribution < 1.29 is 4.79 Å². The fraction of sp³-hybridized carbons (Fsp3) is 0.667. The molecule has 0 radical (unpaired) electrons. The van der Waals surface area contributed by atoms with Gasteiger partial charge in [-0.1, -0.05) is 0 Å². The summed E-state index contributed by atoms with van der Waals surface area (Å²) in [5.74, 6) is 0.240. The molecule has 0 saturated carbocycles. The quantitative estimate of drug-likeness (QED) is 0.826. The van der Waals surface area contributed by atoms with E-state index in [2.05, 4.69) is 10.00 Å². The molecule has 1 aliphatic rings. The maximum atomic E-state index is 12.5. The standard InChI is InChI=1S/C15H24N4O2/c1-4-18(5-2)15(21)12-7-6-8-19(11-12)13-9-14(20)17(3)16-10-13/h9-10,12H,4-8,11H2,1-3H3/t12-/m1/s1. The van der Waals surface area contributed by atoms with E-state index in [1.54, 1.807) is 19.3 Å². The van der Waals surface area contributed by atoms with E-state index in [1.165, 1.54) is 4.68 Å². The molecule has 0 aromatic carbocycles. The summed E-state index contributed by atoms with van der Waals surface area (Å²) in [7, 11) is 1.63. The van der Waals surface area contributed by atoms with Crippen molar-refractivity contribution in [2.75, 3.05) is 31.1 Å². The molecule has 0 bridgehead atoms. The first-order chi connectivity index (χ1) is 10.1. The minimum Gasteiger partial charge on any atom is -0.369 e. The Labute approximate surface area is 125 Å². The lowest BCUT2D eigenvalue weighted by Crippen LogP contribution is -2.45. The van der Waals surface area contributed by atoms with E-state index in [1.807, 2.05) is 18.7 Å². The fourth-order valence-corrected chi connectivity index (χ4v) is 2.84. The Morgan fingerprint density at radius 2 is 2.14 bits per heavy atom. The van der Waals surface area contributed by atoms with Crippen molar-refractivity contribution in [3.63, 3.8) is 0 Å². The average molecular weight is 292 g/mol. The molecule has 0 spiro atoms. The van der Waals surface area contributed by atoms with E-state index >= 15 is 0 Å². The highest BCUT2D eigenvalue weighted by Gasteiger charge is 2.28. The number of amides is 1. The van der Waals surface area contributed by atoms with Gasteiger partial charge >= 0.3 is 0 Å². The summed E-state index contributed by atoms with van der Waals surface area (Å²) in [6.45, 7) is 7.05. The summed E-state index contributed by atoms with van der Waals surface area (Å²) in [5, 5.41) is 4.06. The van der Waals surface area contributed by atoms with Gasteiger partial charge in [0.2, 0.25) is 5.91 Å². The summed E-state index contributed by atoms with van der Waals surface area (Å²) < 4.78 is 1.31. The molecule has 1 aliphatic heterocycles. The minimum atomic E-state index is -0.121. The summed E-state index contributed by atoms with van der Waals surface area (Å²) >= 11 is 0. The summed E-state index contributed by atoms with van der Waals surface area (Å²) in [5.41, 5.74) is 0.694. The van der Waals surface area contributed by atoms with Crippen LogP contribution in [0.5, 0.6) is 0 Å². The van der Waals surface area contributed by atoms with Crippen molar-refractivity contribution in [2.45, 2.75) is 26.7 Å². The molecule has 1 amide bonds. The number of hydrogen-bond donors (Lipinski definition) is 0. The maximum Gasteiger partial charge on any atom is 0.268 e. The van der Waals surface area contributed by atoms with E-state index in [-0.39, 0.29) is 17.4 Å². The van der Waals surface area contributed by atoms with Crippen molar-refractivity contribution in [1.82, 2.24) is 14.7 Å². The third-order valence-electron chi connectivity index (χ3n) is 4.16. The first kappa shape index (κ1) is 15.5. The van der Waals surface area contributed by atoms with Gasteiger partial charge < -0.3 is 9.80 Å². The van der Waals surface area contributed by atoms with Gasteiger partial charge in [-0.25, -0.2) is 4.68 Å². The van der Waals surface area contributed by atoms with Crippen LogP contribution in [0.4, 0.5) is 5.69 Å². The van der Waals surface area contributed by atoms with E-state index in [0.29, 0.717) is 6.54 Å². The van der Waals surface area contributed by atoms with Gasteiger partial charge in [0.05, 0.1) is 17.8 Å². The maximum absolute atomic E-state index is 12.5. The number of carbonyl (C=O) groups excluding carboxylic acids is 1. The van der Waals surface area contributed by atoms with Gasteiger partial charge in [-0.2, -0.15) is 5.10 Å². The zero-order valence-corrected chi connectivity index (χ0v) is 13.1. The lowest BCUT2D eigenvalue weighted by Gasteiger charge is -2.35. The summed E-state index contributed by atoms with van der Waals surface area (Å²) in [6, 6.07) is 1.59. The van der Waals surface area contributed by atoms with E-state index in [9.17, 15) is 9.59 Å². The lowest BCUT2D eigenvalue weighted by atomic mass is 9.96. The Balaban J connectivity index is 2.11. The Kier molecular flexibility index (Phi) is 4.98. The van der Waals surface area contributed by atoms with E-state index in [4.69, 9.17) is 0 Å². The van der Waals surface area contributed by atoms with Crippen LogP contribution in [-0.4, -0.2) is 46.8 Å². The molecule has 1 aromatic rings. The summed E-state index contributed by atoms with van der Waals surface area (Å²) in [6.07, 6.45) is 3.59. The predicted molar refractivity (Wildman–Crippen MR) is 82.3 cm³/mol. The second-order valence-electron chi connectivity index (χ2n) is 5.47. The number of rotatable bonds is 4. The van der Waals surface area contributed by atoms with Crippen LogP contribution < -0.4 is 10.5 Å². The highest BCUT2D eigenvalue weighted by atomic mass is 16.2. The van der Waals surface area contributed by atoms with Crippen LogP contribution in [0.2, 0.25) is 0 Å². The predicted octanol–water partition coefficient (Wildman–Crippen LogP) is 0.865. The van der Waals surface area contributed by atoms with Gasteiger partial charge in [0.15, 0.2) is 0 Å². The Morgan fingerprint density at radius 3 is 2.76 bits per heavy atom. The molecule has 2 rings (SSSR count). The van der Waals surface area contributed by atoms with Gasteiger partial charge in [-0.3, -0.25) is 9.59 Å². The number of piperidine rings is 1. The molecular formula is C15H24N4O2. The molecule has 0 N–H and O–H groups in total. The largest absolute Gasteiger partial charge is 0.369 e. The fourth-order valence-electron chi connectivity index (χ4n) is 2.84. The molecule has 1 atom stereocenters. The zero-order chi connectivity index (χ0) is 15.4. The normalized spacial score (nSPS) is 18.6. The smallest absolute Gasteiger partial charge is 0.268 e. The Bertz CT molecular complexity index is 551. The zero-order valence-electron chi connectivity index (χ0n) is 13.1. The number of carbonyl (C=O) groups is 1. The lowest BCUT2D eigenvalue weighted by molar-refractivity contribution is -0.135. The number of anilines is 1. The Hall–Kier alpha value is -1.85. The molecule has 2 heterocycles. The molecule has 1 saturated heterocycles. The topological polar surface area (TPSA) is 58.4 Å². The number of nitrogens with zero attached hydrogens (tertiary/aromatic N) is 4. The Morgan fingerprint density at radius 1 is 1.43 bits per heavy atom. The summed E-state index contributed by atoms with van der Waals surface area (Å²) in [4.78, 5) is 28.2. The van der Waals surface area contributed by atoms with Gasteiger partial charge in [0, 0.05) is 39.3 Å². The number of aromatic nitrogens is 2. The average Bonchev–Trinajstić information content (AvgIpc) is 2.51. The minimum absolute atomic E-state index is 0.0164. The van der Waals surface area contributed by atoms with Gasteiger partial charge in [-0.05, 0) is 26.7 Å². The van der Waals surface area contributed by atoms with Gasteiger partial charge in [0.25, 0.3) is 5.56 Å². The van der Waals surface area contributed by atoms with E-state index < -0.39 is 0 Å². The highest BCUT2D eigenvalue weighted by Crippen LogP contribution is 2.23. The van der Waals surface area contributed by atoms with Crippen molar-refractivity contribution in [2.24, 2.45) is 13.0 Å². The van der Waals surface area contributed by atoms with Crippen LogP contribution in [0.15, 0.2) is 17.1 Å². The SMILES string of the molecule is CCN(CC)C(=O)[C@@H]1CCCN(c2cnn(C)c(=O)c2)C1. The highest BCUT2D eigenvalue weighted by molar-refractivity contribution is 5.79. The molecular weight excluding hydrogens is 268 g/mol. The molecule has 0 aliphatic carbocycles. The first-order valence-electron chi connectivity index (χ1n) is 7.63. The second kappa shape index (κ2) is 6.74. The number of hydrogen-bond acceptors (Lipinski definition) is 4. The second-order valence-corrected chi connectivity index (χ2v) is 5.47. The van der Waals surface area contributed by atoms with Crippen LogP contribution in [0.25, 0.3) is 0 Å². The van der Waals surface area contributed by atoms with Crippen molar-refractivity contribution in [3.05, 3.63) is 22.6 Å². The number of aryl methyl sites for hydroxylation is 1. The van der Waals surface area contributed by atoms with Crippen LogP contribution in [0.3, 0.4) is 0 Å². The van der Waals surface area contributed by atoms with Crippen LogP contribution in [0.1, 0.15) is 26.7 Å². The van der Waals surface area contributed by atoms with Crippen LogP contribution in [0, 0.1) is 5.92 Å². The molecule has 21 heavy (non-hydrogen) atoms.